The van der Waals surface area contributed by atoms with Gasteiger partial charge in [0.25, 0.3) is 0 Å². The summed E-state index contributed by atoms with van der Waals surface area (Å²) >= 11 is 6.80. The van der Waals surface area contributed by atoms with E-state index in [9.17, 15) is 10.4 Å². The van der Waals surface area contributed by atoms with Gasteiger partial charge in [0.1, 0.15) is 6.07 Å². The standard InChI is InChI=1S/C31H33ClN8O/c1-19(2)40-18-26(38-39-40)28(21-11-8-12-34-16-21)36-23-13-24-27(22(15-33)17-35-29(24)25(32)14-23)37-30(31(3,4)41)20-9-6-5-7-10-20/h5-14,16-19,28,30,36,38-39,41H,1-4H3,(H,35,37)/t28-,30?/m0/s1. The lowest BCUT2D eigenvalue weighted by Gasteiger charge is -2.32. The molecule has 0 bridgehead atoms. The summed E-state index contributed by atoms with van der Waals surface area (Å²) in [7, 11) is 0. The molecule has 210 valence electrons. The zero-order chi connectivity index (χ0) is 29.1. The van der Waals surface area contributed by atoms with Gasteiger partial charge in [0, 0.05) is 41.9 Å². The first kappa shape index (κ1) is 28.2. The summed E-state index contributed by atoms with van der Waals surface area (Å²) in [5.74, 6) is 0. The average Bonchev–Trinajstić information content (AvgIpc) is 3.45. The highest BCUT2D eigenvalue weighted by Gasteiger charge is 2.30. The molecule has 1 aliphatic rings. The zero-order valence-electron chi connectivity index (χ0n) is 23.4. The number of hydrazine groups is 2. The Hall–Kier alpha value is -4.36. The fourth-order valence-corrected chi connectivity index (χ4v) is 5.13. The van der Waals surface area contributed by atoms with Gasteiger partial charge < -0.3 is 21.2 Å². The van der Waals surface area contributed by atoms with E-state index in [1.807, 2.05) is 72.0 Å². The molecular weight excluding hydrogens is 536 g/mol. The molecule has 1 aliphatic heterocycles. The van der Waals surface area contributed by atoms with E-state index in [0.717, 1.165) is 22.5 Å². The number of rotatable bonds is 9. The van der Waals surface area contributed by atoms with E-state index in [2.05, 4.69) is 51.5 Å². The van der Waals surface area contributed by atoms with Crippen LogP contribution in [0.1, 0.15) is 56.5 Å². The van der Waals surface area contributed by atoms with Crippen molar-refractivity contribution in [1.29, 1.82) is 5.26 Å². The van der Waals surface area contributed by atoms with Gasteiger partial charge in [0.2, 0.25) is 0 Å². The fraction of sp³-hybridized carbons (Fsp3) is 0.258. The summed E-state index contributed by atoms with van der Waals surface area (Å²) in [5, 5.41) is 31.3. The summed E-state index contributed by atoms with van der Waals surface area (Å²) in [5.41, 5.74) is 10.2. The Morgan fingerprint density at radius 2 is 1.80 bits per heavy atom. The van der Waals surface area contributed by atoms with Gasteiger partial charge in [-0.15, -0.1) is 5.53 Å². The molecule has 9 nitrogen and oxygen atoms in total. The number of benzene rings is 2. The molecule has 1 unspecified atom stereocenters. The van der Waals surface area contributed by atoms with Crippen molar-refractivity contribution in [2.45, 2.75) is 51.4 Å². The lowest BCUT2D eigenvalue weighted by molar-refractivity contribution is 0.0589. The lowest BCUT2D eigenvalue weighted by atomic mass is 9.91. The predicted octanol–water partition coefficient (Wildman–Crippen LogP) is 5.81. The van der Waals surface area contributed by atoms with Crippen LogP contribution in [0.15, 0.2) is 85.1 Å². The van der Waals surface area contributed by atoms with Crippen LogP contribution in [-0.2, 0) is 0 Å². The van der Waals surface area contributed by atoms with Crippen molar-refractivity contribution in [2.24, 2.45) is 0 Å². The van der Waals surface area contributed by atoms with Crippen molar-refractivity contribution in [2.75, 3.05) is 10.6 Å². The summed E-state index contributed by atoms with van der Waals surface area (Å²) in [4.78, 5) is 8.83. The number of fused-ring (bicyclic) bond motifs is 1. The number of anilines is 2. The van der Waals surface area contributed by atoms with Gasteiger partial charge in [-0.3, -0.25) is 15.0 Å². The Morgan fingerprint density at radius 3 is 2.44 bits per heavy atom. The second-order valence-electron chi connectivity index (χ2n) is 10.8. The molecular formula is C31H33ClN8O. The Labute approximate surface area is 244 Å². The van der Waals surface area contributed by atoms with Crippen LogP contribution < -0.4 is 21.6 Å². The van der Waals surface area contributed by atoms with Gasteiger partial charge in [-0.25, -0.2) is 0 Å². The average molecular weight is 569 g/mol. The van der Waals surface area contributed by atoms with E-state index >= 15 is 0 Å². The molecule has 5 rings (SSSR count). The number of hydrogen-bond acceptors (Lipinski definition) is 9. The SMILES string of the molecule is CC(C)N1C=C([C@@H](Nc2cc(Cl)c3ncc(C#N)c(NC(c4ccccc4)C(C)(C)O)c3c2)c2cccnc2)NN1. The molecule has 0 spiro atoms. The Bertz CT molecular complexity index is 1600. The summed E-state index contributed by atoms with van der Waals surface area (Å²) in [6.45, 7) is 7.66. The normalized spacial score (nSPS) is 14.8. The highest BCUT2D eigenvalue weighted by molar-refractivity contribution is 6.35. The lowest BCUT2D eigenvalue weighted by Crippen LogP contribution is -2.41. The quantitative estimate of drug-likeness (QED) is 0.170. The molecule has 5 N–H and O–H groups in total. The molecule has 3 heterocycles. The second kappa shape index (κ2) is 11.6. The van der Waals surface area contributed by atoms with Gasteiger partial charge in [0.15, 0.2) is 0 Å². The first-order chi connectivity index (χ1) is 19.7. The van der Waals surface area contributed by atoms with Crippen LogP contribution in [0, 0.1) is 11.3 Å². The van der Waals surface area contributed by atoms with Crippen molar-refractivity contribution in [3.05, 3.63) is 107 Å². The predicted molar refractivity (Wildman–Crippen MR) is 163 cm³/mol. The molecule has 2 aromatic heterocycles. The third-order valence-corrected chi connectivity index (χ3v) is 7.27. The highest BCUT2D eigenvalue weighted by atomic mass is 35.5. The number of nitrogens with one attached hydrogen (secondary N) is 4. The molecule has 2 atom stereocenters. The van der Waals surface area contributed by atoms with E-state index in [-0.39, 0.29) is 12.1 Å². The van der Waals surface area contributed by atoms with Crippen molar-refractivity contribution < 1.29 is 5.11 Å². The molecule has 41 heavy (non-hydrogen) atoms. The van der Waals surface area contributed by atoms with E-state index in [1.54, 1.807) is 20.0 Å². The van der Waals surface area contributed by atoms with E-state index in [0.29, 0.717) is 27.2 Å². The Morgan fingerprint density at radius 1 is 1.05 bits per heavy atom. The van der Waals surface area contributed by atoms with E-state index < -0.39 is 11.6 Å². The summed E-state index contributed by atoms with van der Waals surface area (Å²) in [6, 6.07) is 19.0. The molecule has 4 aromatic rings. The van der Waals surface area contributed by atoms with Crippen LogP contribution in [0.4, 0.5) is 11.4 Å². The third-order valence-electron chi connectivity index (χ3n) is 6.98. The topological polar surface area (TPSA) is 121 Å². The van der Waals surface area contributed by atoms with Gasteiger partial charge in [-0.1, -0.05) is 48.0 Å². The number of nitriles is 1. The minimum Gasteiger partial charge on any atom is -0.388 e. The highest BCUT2D eigenvalue weighted by Crippen LogP contribution is 2.38. The summed E-state index contributed by atoms with van der Waals surface area (Å²) < 4.78 is 0. The van der Waals surface area contributed by atoms with Crippen molar-refractivity contribution >= 4 is 33.9 Å². The number of hydrogen-bond donors (Lipinski definition) is 5. The molecule has 0 saturated carbocycles. The van der Waals surface area contributed by atoms with Crippen molar-refractivity contribution in [3.63, 3.8) is 0 Å². The zero-order valence-corrected chi connectivity index (χ0v) is 24.1. The van der Waals surface area contributed by atoms with Crippen molar-refractivity contribution in [1.82, 2.24) is 25.9 Å². The number of aromatic nitrogens is 2. The van der Waals surface area contributed by atoms with Gasteiger partial charge in [-0.2, -0.15) is 5.26 Å². The summed E-state index contributed by atoms with van der Waals surface area (Å²) in [6.07, 6.45) is 7.08. The van der Waals surface area contributed by atoms with Gasteiger partial charge in [0.05, 0.1) is 45.2 Å². The van der Waals surface area contributed by atoms with Crippen LogP contribution in [-0.4, -0.2) is 31.7 Å². The Kier molecular flexibility index (Phi) is 7.99. The van der Waals surface area contributed by atoms with Crippen LogP contribution >= 0.6 is 11.6 Å². The van der Waals surface area contributed by atoms with Gasteiger partial charge in [-0.05, 0) is 57.0 Å². The molecule has 2 aromatic carbocycles. The number of nitrogens with zero attached hydrogens (tertiary/aromatic N) is 4. The van der Waals surface area contributed by atoms with Crippen LogP contribution in [0.25, 0.3) is 10.9 Å². The fourth-order valence-electron chi connectivity index (χ4n) is 4.86. The molecule has 0 aliphatic carbocycles. The Balaban J connectivity index is 1.60. The molecule has 10 heteroatoms. The first-order valence-electron chi connectivity index (χ1n) is 13.4. The minimum atomic E-state index is -1.15. The van der Waals surface area contributed by atoms with Gasteiger partial charge >= 0.3 is 0 Å². The second-order valence-corrected chi connectivity index (χ2v) is 11.2. The molecule has 0 saturated heterocycles. The molecule has 0 amide bonds. The first-order valence-corrected chi connectivity index (χ1v) is 13.8. The minimum absolute atomic E-state index is 0.238. The maximum Gasteiger partial charge on any atom is 0.103 e. The monoisotopic (exact) mass is 568 g/mol. The smallest absolute Gasteiger partial charge is 0.103 e. The number of aliphatic hydroxyl groups is 1. The molecule has 0 radical (unpaired) electrons. The van der Waals surface area contributed by atoms with Crippen LogP contribution in [0.5, 0.6) is 0 Å². The maximum atomic E-state index is 11.1. The number of pyridine rings is 2. The maximum absolute atomic E-state index is 11.1. The van der Waals surface area contributed by atoms with Crippen LogP contribution in [0.2, 0.25) is 5.02 Å². The largest absolute Gasteiger partial charge is 0.388 e. The number of halogens is 1. The van der Waals surface area contributed by atoms with E-state index in [1.165, 1.54) is 6.20 Å². The van der Waals surface area contributed by atoms with Crippen molar-refractivity contribution in [3.8, 4) is 6.07 Å². The van der Waals surface area contributed by atoms with Crippen LogP contribution in [0.3, 0.4) is 0 Å². The molecule has 0 fully saturated rings. The van der Waals surface area contributed by atoms with E-state index in [4.69, 9.17) is 11.6 Å². The third kappa shape index (κ3) is 6.05.